The number of hydrogen-bond donors (Lipinski definition) is 1. The first kappa shape index (κ1) is 19.1. The molecule has 6 nitrogen and oxygen atoms in total. The van der Waals surface area contributed by atoms with Crippen molar-refractivity contribution in [1.82, 2.24) is 4.90 Å². The van der Waals surface area contributed by atoms with Gasteiger partial charge in [0.15, 0.2) is 17.3 Å². The molecule has 1 heterocycles. The number of rotatable bonds is 7. The summed E-state index contributed by atoms with van der Waals surface area (Å²) in [4.78, 5) is 13.8. The summed E-state index contributed by atoms with van der Waals surface area (Å²) >= 11 is 0. The van der Waals surface area contributed by atoms with E-state index in [9.17, 15) is 9.90 Å². The molecule has 3 rings (SSSR count). The maximum absolute atomic E-state index is 11.5. The van der Waals surface area contributed by atoms with Crippen LogP contribution >= 0.6 is 0 Å². The summed E-state index contributed by atoms with van der Waals surface area (Å²) in [5.41, 5.74) is 0.575. The van der Waals surface area contributed by atoms with Crippen molar-refractivity contribution in [2.24, 2.45) is 0 Å². The van der Waals surface area contributed by atoms with Gasteiger partial charge in [0.2, 0.25) is 0 Å². The molecule has 144 valence electrons. The number of aliphatic hydroxyl groups is 1. The van der Waals surface area contributed by atoms with Crippen LogP contribution in [0.25, 0.3) is 0 Å². The van der Waals surface area contributed by atoms with E-state index in [1.54, 1.807) is 25.3 Å². The van der Waals surface area contributed by atoms with Crippen LogP contribution in [-0.2, 0) is 4.74 Å². The van der Waals surface area contributed by atoms with Crippen molar-refractivity contribution in [2.45, 2.75) is 50.9 Å². The number of benzene rings is 1. The minimum absolute atomic E-state index is 0.0239. The Labute approximate surface area is 155 Å². The highest BCUT2D eigenvalue weighted by Gasteiger charge is 2.34. The molecule has 0 bridgehead atoms. The second kappa shape index (κ2) is 8.84. The normalized spacial score (nSPS) is 24.6. The number of Topliss-reactive ketones (excluding diaryl/α,β-unsaturated/α-hetero) is 1. The van der Waals surface area contributed by atoms with Crippen molar-refractivity contribution in [2.75, 3.05) is 33.4 Å². The van der Waals surface area contributed by atoms with E-state index in [2.05, 4.69) is 4.90 Å². The number of methoxy groups -OCH3 is 1. The highest BCUT2D eigenvalue weighted by molar-refractivity contribution is 5.94. The van der Waals surface area contributed by atoms with Gasteiger partial charge in [-0.2, -0.15) is 0 Å². The molecule has 1 saturated heterocycles. The van der Waals surface area contributed by atoms with Gasteiger partial charge in [-0.1, -0.05) is 12.8 Å². The molecule has 3 unspecified atom stereocenters. The number of ether oxygens (including phenoxy) is 3. The Balaban J connectivity index is 1.55. The molecular weight excluding hydrogens is 334 g/mol. The van der Waals surface area contributed by atoms with Gasteiger partial charge in [0.05, 0.1) is 19.8 Å². The van der Waals surface area contributed by atoms with Crippen molar-refractivity contribution in [1.29, 1.82) is 0 Å². The maximum Gasteiger partial charge on any atom is 0.161 e. The van der Waals surface area contributed by atoms with Crippen molar-refractivity contribution in [3.8, 4) is 11.5 Å². The van der Waals surface area contributed by atoms with Crippen LogP contribution in [0.15, 0.2) is 18.2 Å². The Morgan fingerprint density at radius 2 is 2.15 bits per heavy atom. The lowest BCUT2D eigenvalue weighted by Crippen LogP contribution is -2.55. The first-order chi connectivity index (χ1) is 12.6. The quantitative estimate of drug-likeness (QED) is 0.750. The van der Waals surface area contributed by atoms with Gasteiger partial charge in [-0.25, -0.2) is 0 Å². The largest absolute Gasteiger partial charge is 0.493 e. The standard InChI is InChI=1S/C20H29NO5/c1-14(22)15-7-8-19(20(11-15)24-2)26-13-16(23)12-21-9-10-25-18-6-4-3-5-17(18)21/h7-8,11,16-18,23H,3-6,9-10,12-13H2,1-2H3. The lowest BCUT2D eigenvalue weighted by molar-refractivity contribution is -0.0992. The number of hydrogen-bond acceptors (Lipinski definition) is 6. The van der Waals surface area contributed by atoms with E-state index in [-0.39, 0.29) is 12.4 Å². The average Bonchev–Trinajstić information content (AvgIpc) is 2.66. The van der Waals surface area contributed by atoms with Crippen molar-refractivity contribution < 1.29 is 24.1 Å². The first-order valence-electron chi connectivity index (χ1n) is 9.44. The molecular formula is C20H29NO5. The minimum atomic E-state index is -0.590. The summed E-state index contributed by atoms with van der Waals surface area (Å²) in [6.07, 6.45) is 4.44. The highest BCUT2D eigenvalue weighted by atomic mass is 16.5. The molecule has 1 aliphatic carbocycles. The molecule has 0 amide bonds. The highest BCUT2D eigenvalue weighted by Crippen LogP contribution is 2.30. The predicted molar refractivity (Wildman–Crippen MR) is 98.1 cm³/mol. The number of carbonyl (C=O) groups excluding carboxylic acids is 1. The van der Waals surface area contributed by atoms with Crippen LogP contribution in [0, 0.1) is 0 Å². The third-order valence-corrected chi connectivity index (χ3v) is 5.29. The zero-order valence-electron chi connectivity index (χ0n) is 15.6. The number of morpholine rings is 1. The molecule has 2 fully saturated rings. The number of aliphatic hydroxyl groups excluding tert-OH is 1. The maximum atomic E-state index is 11.5. The monoisotopic (exact) mass is 363 g/mol. The molecule has 6 heteroatoms. The SMILES string of the molecule is COc1cc(C(C)=O)ccc1OCC(O)CN1CCOC2CCCCC21. The molecule has 0 aromatic heterocycles. The van der Waals surface area contributed by atoms with Crippen molar-refractivity contribution in [3.63, 3.8) is 0 Å². The van der Waals surface area contributed by atoms with E-state index in [0.29, 0.717) is 35.8 Å². The van der Waals surface area contributed by atoms with Gasteiger partial charge in [-0.15, -0.1) is 0 Å². The summed E-state index contributed by atoms with van der Waals surface area (Å²) in [5.74, 6) is 1.02. The van der Waals surface area contributed by atoms with Crippen LogP contribution < -0.4 is 9.47 Å². The molecule has 1 aromatic carbocycles. The van der Waals surface area contributed by atoms with Crippen molar-refractivity contribution >= 4 is 5.78 Å². The molecule has 1 aromatic rings. The van der Waals surface area contributed by atoms with Gasteiger partial charge >= 0.3 is 0 Å². The lowest BCUT2D eigenvalue weighted by Gasteiger charge is -2.44. The van der Waals surface area contributed by atoms with E-state index in [0.717, 1.165) is 26.0 Å². The van der Waals surface area contributed by atoms with E-state index in [4.69, 9.17) is 14.2 Å². The molecule has 0 radical (unpaired) electrons. The second-order valence-electron chi connectivity index (χ2n) is 7.14. The van der Waals surface area contributed by atoms with Crippen molar-refractivity contribution in [3.05, 3.63) is 23.8 Å². The van der Waals surface area contributed by atoms with Crippen LogP contribution in [0.4, 0.5) is 0 Å². The van der Waals surface area contributed by atoms with Crippen LogP contribution in [-0.4, -0.2) is 67.5 Å². The van der Waals surface area contributed by atoms with Gasteiger partial charge in [0.1, 0.15) is 12.7 Å². The number of fused-ring (bicyclic) bond motifs is 1. The summed E-state index contributed by atoms with van der Waals surface area (Å²) in [7, 11) is 1.54. The average molecular weight is 363 g/mol. The fraction of sp³-hybridized carbons (Fsp3) is 0.650. The van der Waals surface area contributed by atoms with Crippen LogP contribution in [0.2, 0.25) is 0 Å². The van der Waals surface area contributed by atoms with Gasteiger partial charge in [-0.3, -0.25) is 9.69 Å². The van der Waals surface area contributed by atoms with Gasteiger partial charge in [0.25, 0.3) is 0 Å². The summed E-state index contributed by atoms with van der Waals surface area (Å²) in [6, 6.07) is 5.50. The second-order valence-corrected chi connectivity index (χ2v) is 7.14. The van der Waals surface area contributed by atoms with E-state index < -0.39 is 6.10 Å². The van der Waals surface area contributed by atoms with Gasteiger partial charge < -0.3 is 19.3 Å². The smallest absolute Gasteiger partial charge is 0.161 e. The zero-order valence-corrected chi connectivity index (χ0v) is 15.6. The Bertz CT molecular complexity index is 618. The minimum Gasteiger partial charge on any atom is -0.493 e. The van der Waals surface area contributed by atoms with Crippen LogP contribution in [0.1, 0.15) is 43.0 Å². The number of nitrogens with zero attached hydrogens (tertiary/aromatic N) is 1. The summed E-state index contributed by atoms with van der Waals surface area (Å²) in [6.45, 7) is 3.87. The van der Waals surface area contributed by atoms with Gasteiger partial charge in [-0.05, 0) is 38.0 Å². The van der Waals surface area contributed by atoms with E-state index >= 15 is 0 Å². The Morgan fingerprint density at radius 3 is 2.92 bits per heavy atom. The Morgan fingerprint density at radius 1 is 1.35 bits per heavy atom. The fourth-order valence-corrected chi connectivity index (χ4v) is 3.92. The fourth-order valence-electron chi connectivity index (χ4n) is 3.92. The Kier molecular flexibility index (Phi) is 6.51. The lowest BCUT2D eigenvalue weighted by atomic mass is 9.90. The summed E-state index contributed by atoms with van der Waals surface area (Å²) < 4.78 is 16.9. The Hall–Kier alpha value is -1.63. The predicted octanol–water partition coefficient (Wildman–Crippen LogP) is 2.28. The topological polar surface area (TPSA) is 68.2 Å². The van der Waals surface area contributed by atoms with Crippen LogP contribution in [0.3, 0.4) is 0 Å². The first-order valence-corrected chi connectivity index (χ1v) is 9.44. The number of ketones is 1. The van der Waals surface area contributed by atoms with E-state index in [1.165, 1.54) is 19.8 Å². The molecule has 1 aliphatic heterocycles. The summed E-state index contributed by atoms with van der Waals surface area (Å²) in [5, 5.41) is 10.5. The molecule has 1 N–H and O–H groups in total. The molecule has 2 aliphatic rings. The molecule has 26 heavy (non-hydrogen) atoms. The van der Waals surface area contributed by atoms with E-state index in [1.807, 2.05) is 0 Å². The number of carbonyl (C=O) groups is 1. The third-order valence-electron chi connectivity index (χ3n) is 5.29. The zero-order chi connectivity index (χ0) is 18.5. The van der Waals surface area contributed by atoms with Gasteiger partial charge in [0, 0.05) is 24.7 Å². The molecule has 3 atom stereocenters. The number of β-amino-alcohol motifs (C(OH)–C–C–N with tert-alkyl or cyclic N) is 1. The third kappa shape index (κ3) is 4.55. The molecule has 0 spiro atoms. The van der Waals surface area contributed by atoms with Crippen LogP contribution in [0.5, 0.6) is 11.5 Å². The molecule has 1 saturated carbocycles.